The van der Waals surface area contributed by atoms with Crippen molar-refractivity contribution in [3.63, 3.8) is 0 Å². The van der Waals surface area contributed by atoms with Crippen LogP contribution in [-0.4, -0.2) is 34.4 Å². The van der Waals surface area contributed by atoms with Crippen LogP contribution >= 0.6 is 0 Å². The molecule has 2 heterocycles. The highest BCUT2D eigenvalue weighted by atomic mass is 32.2. The van der Waals surface area contributed by atoms with Gasteiger partial charge in [0.05, 0.1) is 23.0 Å². The lowest BCUT2D eigenvalue weighted by Gasteiger charge is -2.10. The smallest absolute Gasteiger partial charge is 0.229 e. The molecule has 0 unspecified atom stereocenters. The normalized spacial score (nSPS) is 11.4. The highest BCUT2D eigenvalue weighted by molar-refractivity contribution is 7.90. The van der Waals surface area contributed by atoms with Gasteiger partial charge in [0.15, 0.2) is 21.5 Å². The van der Waals surface area contributed by atoms with E-state index >= 15 is 0 Å². The summed E-state index contributed by atoms with van der Waals surface area (Å²) in [5, 5.41) is 9.51. The number of aromatic nitrogens is 4. The first-order valence-electron chi connectivity index (χ1n) is 7.73. The zero-order valence-electron chi connectivity index (χ0n) is 14.4. The average molecular weight is 394 g/mol. The standard InChI is InChI=1S/C16H16F2N6O2S/c1-24-9-11(7-21-24)22-16-20-8-14(18)15(23-16)19-6-10-5-12(27(2,25)26)3-4-13(10)17/h3-5,7-9H,6H2,1-2H3,(H2,19,20,22,23). The maximum atomic E-state index is 14.0. The number of hydrogen-bond acceptors (Lipinski definition) is 7. The summed E-state index contributed by atoms with van der Waals surface area (Å²) in [6.45, 7) is -0.157. The first-order chi connectivity index (χ1) is 12.7. The molecule has 27 heavy (non-hydrogen) atoms. The van der Waals surface area contributed by atoms with Crippen molar-refractivity contribution in [2.75, 3.05) is 16.9 Å². The number of nitrogens with one attached hydrogen (secondary N) is 2. The quantitative estimate of drug-likeness (QED) is 0.618. The predicted molar refractivity (Wildman–Crippen MR) is 95.3 cm³/mol. The van der Waals surface area contributed by atoms with Gasteiger partial charge in [-0.05, 0) is 18.2 Å². The number of benzene rings is 1. The van der Waals surface area contributed by atoms with Gasteiger partial charge in [-0.2, -0.15) is 10.1 Å². The number of hydrogen-bond donors (Lipinski definition) is 2. The minimum atomic E-state index is -3.48. The van der Waals surface area contributed by atoms with E-state index < -0.39 is 21.5 Å². The summed E-state index contributed by atoms with van der Waals surface area (Å²) in [5.74, 6) is -1.37. The second kappa shape index (κ2) is 7.27. The molecule has 1 aromatic carbocycles. The fourth-order valence-electron chi connectivity index (χ4n) is 2.26. The van der Waals surface area contributed by atoms with Crippen molar-refractivity contribution in [1.82, 2.24) is 19.7 Å². The van der Waals surface area contributed by atoms with E-state index in [1.54, 1.807) is 24.1 Å². The largest absolute Gasteiger partial charge is 0.363 e. The summed E-state index contributed by atoms with van der Waals surface area (Å²) < 4.78 is 52.7. The molecule has 142 valence electrons. The highest BCUT2D eigenvalue weighted by Crippen LogP contribution is 2.19. The minimum absolute atomic E-state index is 0.0252. The number of halogens is 2. The molecule has 0 aliphatic carbocycles. The summed E-state index contributed by atoms with van der Waals surface area (Å²) in [5.41, 5.74) is 0.680. The van der Waals surface area contributed by atoms with Gasteiger partial charge in [-0.15, -0.1) is 0 Å². The number of sulfone groups is 1. The van der Waals surface area contributed by atoms with Gasteiger partial charge in [0, 0.05) is 31.6 Å². The first kappa shape index (κ1) is 18.7. The molecule has 11 heteroatoms. The summed E-state index contributed by atoms with van der Waals surface area (Å²) in [6.07, 6.45) is 5.23. The third kappa shape index (κ3) is 4.56. The fraction of sp³-hybridized carbons (Fsp3) is 0.188. The van der Waals surface area contributed by atoms with Gasteiger partial charge in [-0.1, -0.05) is 0 Å². The topological polar surface area (TPSA) is 102 Å². The van der Waals surface area contributed by atoms with Crippen LogP contribution in [0.4, 0.5) is 26.2 Å². The monoisotopic (exact) mass is 394 g/mol. The Hall–Kier alpha value is -3.08. The highest BCUT2D eigenvalue weighted by Gasteiger charge is 2.13. The van der Waals surface area contributed by atoms with Crippen LogP contribution in [0.25, 0.3) is 0 Å². The molecule has 0 amide bonds. The third-order valence-electron chi connectivity index (χ3n) is 3.60. The lowest BCUT2D eigenvalue weighted by molar-refractivity contribution is 0.596. The second-order valence-electron chi connectivity index (χ2n) is 5.80. The Morgan fingerprint density at radius 3 is 2.63 bits per heavy atom. The van der Waals surface area contributed by atoms with E-state index in [1.807, 2.05) is 0 Å². The molecule has 0 saturated carbocycles. The van der Waals surface area contributed by atoms with Crippen molar-refractivity contribution >= 4 is 27.3 Å². The maximum Gasteiger partial charge on any atom is 0.229 e. The molecule has 3 aromatic rings. The maximum absolute atomic E-state index is 14.0. The summed E-state index contributed by atoms with van der Waals surface area (Å²) in [4.78, 5) is 7.82. The van der Waals surface area contributed by atoms with Crippen molar-refractivity contribution in [3.05, 3.63) is 54.0 Å². The van der Waals surface area contributed by atoms with Gasteiger partial charge < -0.3 is 10.6 Å². The van der Waals surface area contributed by atoms with E-state index in [2.05, 4.69) is 25.7 Å². The molecule has 2 aromatic heterocycles. The molecule has 8 nitrogen and oxygen atoms in total. The van der Waals surface area contributed by atoms with Crippen LogP contribution < -0.4 is 10.6 Å². The molecule has 3 rings (SSSR count). The SMILES string of the molecule is Cn1cc(Nc2ncc(F)c(NCc3cc(S(C)(=O)=O)ccc3F)n2)cn1. The molecule has 0 fully saturated rings. The molecule has 0 bridgehead atoms. The van der Waals surface area contributed by atoms with E-state index in [9.17, 15) is 17.2 Å². The van der Waals surface area contributed by atoms with Gasteiger partial charge >= 0.3 is 0 Å². The van der Waals surface area contributed by atoms with Gasteiger partial charge in [0.1, 0.15) is 5.82 Å². The zero-order valence-corrected chi connectivity index (χ0v) is 15.3. The van der Waals surface area contributed by atoms with Crippen molar-refractivity contribution in [3.8, 4) is 0 Å². The molecule has 2 N–H and O–H groups in total. The fourth-order valence-corrected chi connectivity index (χ4v) is 2.93. The minimum Gasteiger partial charge on any atom is -0.363 e. The number of nitrogens with zero attached hydrogens (tertiary/aromatic N) is 4. The van der Waals surface area contributed by atoms with Crippen LogP contribution in [0.15, 0.2) is 41.7 Å². The Morgan fingerprint density at radius 1 is 1.19 bits per heavy atom. The summed E-state index contributed by atoms with van der Waals surface area (Å²) in [6, 6.07) is 3.43. The van der Waals surface area contributed by atoms with Gasteiger partial charge in [-0.25, -0.2) is 22.2 Å². The van der Waals surface area contributed by atoms with Crippen molar-refractivity contribution < 1.29 is 17.2 Å². The Labute approximate surface area is 154 Å². The van der Waals surface area contributed by atoms with E-state index in [1.165, 1.54) is 12.1 Å². The molecule has 0 radical (unpaired) electrons. The first-order valence-corrected chi connectivity index (χ1v) is 9.62. The second-order valence-corrected chi connectivity index (χ2v) is 7.81. The Kier molecular flexibility index (Phi) is 5.04. The van der Waals surface area contributed by atoms with Crippen molar-refractivity contribution in [2.45, 2.75) is 11.4 Å². The summed E-state index contributed by atoms with van der Waals surface area (Å²) >= 11 is 0. The molecular formula is C16H16F2N6O2S. The van der Waals surface area contributed by atoms with Crippen LogP contribution in [-0.2, 0) is 23.4 Å². The Bertz CT molecular complexity index is 1080. The number of aryl methyl sites for hydroxylation is 1. The molecular weight excluding hydrogens is 378 g/mol. The van der Waals surface area contributed by atoms with Gasteiger partial charge in [0.25, 0.3) is 0 Å². The Morgan fingerprint density at radius 2 is 1.96 bits per heavy atom. The third-order valence-corrected chi connectivity index (χ3v) is 4.71. The predicted octanol–water partition coefficient (Wildman–Crippen LogP) is 2.25. The van der Waals surface area contributed by atoms with Crippen LogP contribution in [0.5, 0.6) is 0 Å². The zero-order chi connectivity index (χ0) is 19.6. The van der Waals surface area contributed by atoms with E-state index in [-0.39, 0.29) is 28.8 Å². The summed E-state index contributed by atoms with van der Waals surface area (Å²) in [7, 11) is -1.75. The van der Waals surface area contributed by atoms with Crippen LogP contribution in [0.3, 0.4) is 0 Å². The molecule has 0 aliphatic rings. The molecule has 0 aliphatic heterocycles. The molecule has 0 spiro atoms. The van der Waals surface area contributed by atoms with Crippen molar-refractivity contribution in [2.24, 2.45) is 7.05 Å². The average Bonchev–Trinajstić information content (AvgIpc) is 3.00. The van der Waals surface area contributed by atoms with E-state index in [0.29, 0.717) is 5.69 Å². The molecule has 0 atom stereocenters. The van der Waals surface area contributed by atoms with Gasteiger partial charge in [0.2, 0.25) is 5.95 Å². The number of rotatable bonds is 6. The van der Waals surface area contributed by atoms with Crippen molar-refractivity contribution in [1.29, 1.82) is 0 Å². The van der Waals surface area contributed by atoms with E-state index in [0.717, 1.165) is 18.5 Å². The van der Waals surface area contributed by atoms with Crippen LogP contribution in [0.2, 0.25) is 0 Å². The Balaban J connectivity index is 1.79. The van der Waals surface area contributed by atoms with Crippen LogP contribution in [0, 0.1) is 11.6 Å². The molecule has 0 saturated heterocycles. The van der Waals surface area contributed by atoms with Gasteiger partial charge in [-0.3, -0.25) is 4.68 Å². The lowest BCUT2D eigenvalue weighted by atomic mass is 10.2. The van der Waals surface area contributed by atoms with E-state index in [4.69, 9.17) is 0 Å². The number of anilines is 3. The lowest BCUT2D eigenvalue weighted by Crippen LogP contribution is -2.09. The van der Waals surface area contributed by atoms with Crippen LogP contribution in [0.1, 0.15) is 5.56 Å².